The lowest BCUT2D eigenvalue weighted by atomic mass is 9.77. The molecule has 0 radical (unpaired) electrons. The van der Waals surface area contributed by atoms with Crippen molar-refractivity contribution in [1.82, 2.24) is 0 Å². The van der Waals surface area contributed by atoms with Gasteiger partial charge in [0.05, 0.1) is 0 Å². The first-order valence-electron chi connectivity index (χ1n) is 4.94. The van der Waals surface area contributed by atoms with Crippen LogP contribution in [-0.2, 0) is 0 Å². The predicted molar refractivity (Wildman–Crippen MR) is 48.3 cm³/mol. The van der Waals surface area contributed by atoms with Crippen molar-refractivity contribution in [1.29, 1.82) is 0 Å². The normalized spacial score (nSPS) is 44.3. The van der Waals surface area contributed by atoms with Gasteiger partial charge >= 0.3 is 0 Å². The minimum absolute atomic E-state index is 0.764. The Labute approximate surface area is 69.7 Å². The van der Waals surface area contributed by atoms with Gasteiger partial charge in [0.25, 0.3) is 0 Å². The van der Waals surface area contributed by atoms with Crippen molar-refractivity contribution in [3.63, 3.8) is 0 Å². The van der Waals surface area contributed by atoms with Crippen LogP contribution in [0.15, 0.2) is 12.7 Å². The van der Waals surface area contributed by atoms with Crippen LogP contribution in [0.4, 0.5) is 0 Å². The van der Waals surface area contributed by atoms with E-state index in [4.69, 9.17) is 0 Å². The maximum atomic E-state index is 3.88. The van der Waals surface area contributed by atoms with Gasteiger partial charge in [-0.3, -0.25) is 0 Å². The standard InChI is InChI=1S/C11H18/c1-3-8(2)11-6-9-4-5-10(9)7-11/h3,8-11H,1,4-7H2,2H3/t8?,9-,10?,11?/m1/s1. The summed E-state index contributed by atoms with van der Waals surface area (Å²) < 4.78 is 0. The van der Waals surface area contributed by atoms with Gasteiger partial charge in [-0.05, 0) is 49.4 Å². The molecule has 2 fully saturated rings. The van der Waals surface area contributed by atoms with Gasteiger partial charge in [0, 0.05) is 0 Å². The molecule has 0 N–H and O–H groups in total. The van der Waals surface area contributed by atoms with E-state index in [2.05, 4.69) is 19.6 Å². The molecule has 0 aromatic carbocycles. The van der Waals surface area contributed by atoms with Gasteiger partial charge < -0.3 is 0 Å². The molecule has 3 unspecified atom stereocenters. The summed E-state index contributed by atoms with van der Waals surface area (Å²) in [5.41, 5.74) is 0. The Bertz CT molecular complexity index is 147. The summed E-state index contributed by atoms with van der Waals surface area (Å²) in [5, 5.41) is 0. The maximum Gasteiger partial charge on any atom is -0.0236 e. The quantitative estimate of drug-likeness (QED) is 0.530. The molecular weight excluding hydrogens is 132 g/mol. The van der Waals surface area contributed by atoms with Crippen molar-refractivity contribution in [3.05, 3.63) is 12.7 Å². The zero-order chi connectivity index (χ0) is 7.84. The minimum atomic E-state index is 0.764. The van der Waals surface area contributed by atoms with Gasteiger partial charge in [-0.2, -0.15) is 0 Å². The Balaban J connectivity index is 1.92. The van der Waals surface area contributed by atoms with Crippen molar-refractivity contribution in [3.8, 4) is 0 Å². The summed E-state index contributed by atoms with van der Waals surface area (Å²) in [5.74, 6) is 3.97. The third kappa shape index (κ3) is 1.13. The number of rotatable bonds is 2. The van der Waals surface area contributed by atoms with Gasteiger partial charge in [-0.25, -0.2) is 0 Å². The topological polar surface area (TPSA) is 0 Å². The average Bonchev–Trinajstić information content (AvgIpc) is 2.27. The lowest BCUT2D eigenvalue weighted by Crippen LogP contribution is -2.18. The van der Waals surface area contributed by atoms with E-state index in [-0.39, 0.29) is 0 Å². The molecule has 0 nitrogen and oxygen atoms in total. The average molecular weight is 150 g/mol. The van der Waals surface area contributed by atoms with Crippen LogP contribution >= 0.6 is 0 Å². The first-order valence-corrected chi connectivity index (χ1v) is 4.94. The monoisotopic (exact) mass is 150 g/mol. The molecule has 0 aliphatic heterocycles. The van der Waals surface area contributed by atoms with E-state index in [9.17, 15) is 0 Å². The third-order valence-electron chi connectivity index (χ3n) is 3.90. The molecule has 2 saturated carbocycles. The van der Waals surface area contributed by atoms with Crippen LogP contribution in [0, 0.1) is 23.7 Å². The largest absolute Gasteiger partial charge is 0.103 e. The molecule has 0 saturated heterocycles. The highest BCUT2D eigenvalue weighted by Crippen LogP contribution is 2.51. The van der Waals surface area contributed by atoms with E-state index in [0.29, 0.717) is 0 Å². The smallest absolute Gasteiger partial charge is 0.0236 e. The summed E-state index contributed by atoms with van der Waals surface area (Å²) in [6.45, 7) is 6.20. The lowest BCUT2D eigenvalue weighted by molar-refractivity contribution is 0.219. The molecule has 0 spiro atoms. The minimum Gasteiger partial charge on any atom is -0.103 e. The van der Waals surface area contributed by atoms with Gasteiger partial charge in [0.2, 0.25) is 0 Å². The SMILES string of the molecule is C=CC(C)C1CC2CC[C@@H]2C1. The first kappa shape index (κ1) is 7.39. The van der Waals surface area contributed by atoms with Gasteiger partial charge in [0.1, 0.15) is 0 Å². The molecule has 2 aliphatic rings. The number of fused-ring (bicyclic) bond motifs is 1. The fraction of sp³-hybridized carbons (Fsp3) is 0.818. The molecule has 0 aromatic heterocycles. The molecule has 2 aliphatic carbocycles. The van der Waals surface area contributed by atoms with Gasteiger partial charge in [-0.15, -0.1) is 6.58 Å². The summed E-state index contributed by atoms with van der Waals surface area (Å²) in [6, 6.07) is 0. The van der Waals surface area contributed by atoms with Crippen molar-refractivity contribution in [2.75, 3.05) is 0 Å². The van der Waals surface area contributed by atoms with E-state index in [1.54, 1.807) is 0 Å². The highest BCUT2D eigenvalue weighted by atomic mass is 14.5. The number of hydrogen-bond donors (Lipinski definition) is 0. The van der Waals surface area contributed by atoms with Crippen LogP contribution < -0.4 is 0 Å². The summed E-state index contributed by atoms with van der Waals surface area (Å²) in [7, 11) is 0. The third-order valence-corrected chi connectivity index (χ3v) is 3.90. The molecule has 11 heavy (non-hydrogen) atoms. The second-order valence-corrected chi connectivity index (χ2v) is 4.42. The Morgan fingerprint density at radius 1 is 1.27 bits per heavy atom. The van der Waals surface area contributed by atoms with Crippen LogP contribution in [0.2, 0.25) is 0 Å². The molecule has 0 aromatic rings. The zero-order valence-corrected chi connectivity index (χ0v) is 7.42. The second kappa shape index (κ2) is 2.66. The molecule has 0 amide bonds. The van der Waals surface area contributed by atoms with E-state index >= 15 is 0 Å². The van der Waals surface area contributed by atoms with Crippen LogP contribution in [0.5, 0.6) is 0 Å². The van der Waals surface area contributed by atoms with Crippen LogP contribution in [0.1, 0.15) is 32.6 Å². The molecule has 0 bridgehead atoms. The molecule has 2 rings (SSSR count). The highest BCUT2D eigenvalue weighted by molar-refractivity contribution is 4.95. The van der Waals surface area contributed by atoms with Crippen LogP contribution in [0.3, 0.4) is 0 Å². The zero-order valence-electron chi connectivity index (χ0n) is 7.42. The Kier molecular flexibility index (Phi) is 1.78. The second-order valence-electron chi connectivity index (χ2n) is 4.42. The van der Waals surface area contributed by atoms with Crippen molar-refractivity contribution < 1.29 is 0 Å². The van der Waals surface area contributed by atoms with Crippen molar-refractivity contribution in [2.24, 2.45) is 23.7 Å². The molecule has 4 atom stereocenters. The number of hydrogen-bond acceptors (Lipinski definition) is 0. The summed E-state index contributed by atoms with van der Waals surface area (Å²) >= 11 is 0. The molecule has 0 heterocycles. The van der Waals surface area contributed by atoms with Crippen molar-refractivity contribution in [2.45, 2.75) is 32.6 Å². The fourth-order valence-electron chi connectivity index (χ4n) is 2.75. The van der Waals surface area contributed by atoms with E-state index in [1.165, 1.54) is 25.7 Å². The van der Waals surface area contributed by atoms with E-state index < -0.39 is 0 Å². The Morgan fingerprint density at radius 2 is 1.82 bits per heavy atom. The Hall–Kier alpha value is -0.260. The Morgan fingerprint density at radius 3 is 2.18 bits per heavy atom. The molecular formula is C11H18. The van der Waals surface area contributed by atoms with Crippen molar-refractivity contribution >= 4 is 0 Å². The van der Waals surface area contributed by atoms with Crippen LogP contribution in [0.25, 0.3) is 0 Å². The first-order chi connectivity index (χ1) is 5.31. The van der Waals surface area contributed by atoms with E-state index in [1.807, 2.05) is 0 Å². The molecule has 62 valence electrons. The van der Waals surface area contributed by atoms with Gasteiger partial charge in [0.15, 0.2) is 0 Å². The highest BCUT2D eigenvalue weighted by Gasteiger charge is 2.41. The maximum absolute atomic E-state index is 3.88. The summed E-state index contributed by atoms with van der Waals surface area (Å²) in [6.07, 6.45) is 8.17. The van der Waals surface area contributed by atoms with E-state index in [0.717, 1.165) is 23.7 Å². The fourth-order valence-corrected chi connectivity index (χ4v) is 2.75. The molecule has 0 heteroatoms. The lowest BCUT2D eigenvalue weighted by Gasteiger charge is -2.29. The van der Waals surface area contributed by atoms with Gasteiger partial charge in [-0.1, -0.05) is 13.0 Å². The predicted octanol–water partition coefficient (Wildman–Crippen LogP) is 3.24. The number of allylic oxidation sites excluding steroid dienone is 1. The van der Waals surface area contributed by atoms with Crippen LogP contribution in [-0.4, -0.2) is 0 Å². The summed E-state index contributed by atoms with van der Waals surface area (Å²) in [4.78, 5) is 0.